The van der Waals surface area contributed by atoms with E-state index >= 15 is 0 Å². The maximum atomic E-state index is 13.7. The van der Waals surface area contributed by atoms with Crippen molar-refractivity contribution in [2.75, 3.05) is 33.9 Å². The predicted molar refractivity (Wildman–Crippen MR) is 134 cm³/mol. The minimum Gasteiger partial charge on any atom is -0.492 e. The lowest BCUT2D eigenvalue weighted by atomic mass is 10.1. The van der Waals surface area contributed by atoms with Gasteiger partial charge in [0.05, 0.1) is 10.9 Å². The second-order valence-electron chi connectivity index (χ2n) is 8.94. The predicted octanol–water partition coefficient (Wildman–Crippen LogP) is 4.13. The van der Waals surface area contributed by atoms with Crippen LogP contribution in [-0.4, -0.2) is 57.5 Å². The van der Waals surface area contributed by atoms with Crippen LogP contribution in [0.25, 0.3) is 0 Å². The van der Waals surface area contributed by atoms with Crippen LogP contribution in [0.2, 0.25) is 0 Å². The van der Waals surface area contributed by atoms with Crippen molar-refractivity contribution < 1.29 is 17.9 Å². The Labute approximate surface area is 202 Å². The number of ether oxygens (including phenoxy) is 2. The van der Waals surface area contributed by atoms with Crippen LogP contribution in [0, 0.1) is 6.92 Å². The van der Waals surface area contributed by atoms with E-state index in [9.17, 15) is 8.42 Å². The molecule has 1 atom stereocenters. The maximum Gasteiger partial charge on any atom is 0.243 e. The summed E-state index contributed by atoms with van der Waals surface area (Å²) in [4.78, 5) is 2.37. The van der Waals surface area contributed by atoms with Gasteiger partial charge in [0.1, 0.15) is 24.7 Å². The highest BCUT2D eigenvalue weighted by atomic mass is 32.2. The lowest BCUT2D eigenvalue weighted by Crippen LogP contribution is -2.43. The Morgan fingerprint density at radius 3 is 2.41 bits per heavy atom. The van der Waals surface area contributed by atoms with Crippen molar-refractivity contribution in [1.82, 2.24) is 9.21 Å². The van der Waals surface area contributed by atoms with Crippen molar-refractivity contribution in [2.45, 2.75) is 30.8 Å². The fraction of sp³-hybridized carbons (Fsp3) is 0.333. The molecular weight excluding hydrogens is 448 g/mol. The summed E-state index contributed by atoms with van der Waals surface area (Å²) < 4.78 is 40.9. The van der Waals surface area contributed by atoms with E-state index in [4.69, 9.17) is 9.47 Å². The fourth-order valence-corrected chi connectivity index (χ4v) is 5.56. The smallest absolute Gasteiger partial charge is 0.243 e. The molecule has 6 nitrogen and oxygen atoms in total. The number of benzene rings is 3. The van der Waals surface area contributed by atoms with Crippen molar-refractivity contribution in [3.63, 3.8) is 0 Å². The summed E-state index contributed by atoms with van der Waals surface area (Å²) in [7, 11) is 0.301. The molecule has 0 bridgehead atoms. The van der Waals surface area contributed by atoms with E-state index in [1.54, 1.807) is 16.4 Å². The van der Waals surface area contributed by atoms with Crippen molar-refractivity contribution in [3.8, 4) is 11.5 Å². The van der Waals surface area contributed by atoms with Gasteiger partial charge in [-0.3, -0.25) is 0 Å². The van der Waals surface area contributed by atoms with Crippen LogP contribution >= 0.6 is 0 Å². The minimum absolute atomic E-state index is 0.267. The molecule has 7 heteroatoms. The largest absolute Gasteiger partial charge is 0.492 e. The van der Waals surface area contributed by atoms with Crippen LogP contribution in [0.4, 0.5) is 0 Å². The molecule has 1 aliphatic rings. The first kappa shape index (κ1) is 24.3. The van der Waals surface area contributed by atoms with Gasteiger partial charge in [-0.1, -0.05) is 48.0 Å². The Kier molecular flexibility index (Phi) is 7.56. The molecule has 3 aromatic carbocycles. The molecule has 0 spiro atoms. The highest BCUT2D eigenvalue weighted by Crippen LogP contribution is 2.30. The van der Waals surface area contributed by atoms with Gasteiger partial charge in [-0.25, -0.2) is 8.42 Å². The Morgan fingerprint density at radius 2 is 1.71 bits per heavy atom. The molecule has 0 aliphatic carbocycles. The number of nitrogens with zero attached hydrogens (tertiary/aromatic N) is 2. The number of sulfonamides is 1. The normalized spacial score (nSPS) is 16.5. The van der Waals surface area contributed by atoms with Gasteiger partial charge in [0, 0.05) is 18.7 Å². The van der Waals surface area contributed by atoms with E-state index in [0.29, 0.717) is 17.9 Å². The quantitative estimate of drug-likeness (QED) is 0.485. The van der Waals surface area contributed by atoms with Crippen LogP contribution in [0.15, 0.2) is 77.7 Å². The molecule has 0 unspecified atom stereocenters. The summed E-state index contributed by atoms with van der Waals surface area (Å²) in [5.41, 5.74) is 2.92. The standard InChI is InChI=1S/C27H32N2O4S/c1-21-8-14-26(15-9-21)34(30,31)29-19-23-6-4-5-7-27(23)33-20-24(29)18-22-10-12-25(13-11-22)32-17-16-28(2)3/h4-15,24H,16-20H2,1-3H3/t24-/m0/s1. The van der Waals surface area contributed by atoms with E-state index in [1.165, 1.54) is 0 Å². The summed E-state index contributed by atoms with van der Waals surface area (Å²) >= 11 is 0. The number of para-hydroxylation sites is 1. The zero-order chi connectivity index (χ0) is 24.1. The second kappa shape index (κ2) is 10.6. The van der Waals surface area contributed by atoms with Gasteiger partial charge in [-0.15, -0.1) is 0 Å². The number of hydrogen-bond donors (Lipinski definition) is 0. The van der Waals surface area contributed by atoms with Gasteiger partial charge in [0.25, 0.3) is 0 Å². The molecule has 0 aromatic heterocycles. The topological polar surface area (TPSA) is 59.1 Å². The van der Waals surface area contributed by atoms with Gasteiger partial charge in [-0.05, 0) is 63.3 Å². The highest BCUT2D eigenvalue weighted by Gasteiger charge is 2.35. The summed E-state index contributed by atoms with van der Waals surface area (Å²) in [6.07, 6.45) is 0.539. The molecular formula is C27H32N2O4S. The van der Waals surface area contributed by atoms with E-state index in [-0.39, 0.29) is 19.2 Å². The van der Waals surface area contributed by atoms with E-state index in [2.05, 4.69) is 4.90 Å². The summed E-state index contributed by atoms with van der Waals surface area (Å²) in [5.74, 6) is 1.54. The van der Waals surface area contributed by atoms with E-state index in [1.807, 2.05) is 81.7 Å². The average molecular weight is 481 g/mol. The van der Waals surface area contributed by atoms with Crippen molar-refractivity contribution in [3.05, 3.63) is 89.5 Å². The molecule has 1 aliphatic heterocycles. The zero-order valence-electron chi connectivity index (χ0n) is 20.0. The van der Waals surface area contributed by atoms with Crippen molar-refractivity contribution in [2.24, 2.45) is 0 Å². The third-order valence-corrected chi connectivity index (χ3v) is 7.88. The number of rotatable bonds is 8. The first-order valence-corrected chi connectivity index (χ1v) is 12.9. The molecule has 0 fully saturated rings. The molecule has 0 radical (unpaired) electrons. The van der Waals surface area contributed by atoms with Gasteiger partial charge in [-0.2, -0.15) is 4.31 Å². The van der Waals surface area contributed by atoms with Crippen LogP contribution in [0.5, 0.6) is 11.5 Å². The van der Waals surface area contributed by atoms with Gasteiger partial charge >= 0.3 is 0 Å². The van der Waals surface area contributed by atoms with Crippen molar-refractivity contribution >= 4 is 10.0 Å². The van der Waals surface area contributed by atoms with E-state index < -0.39 is 10.0 Å². The van der Waals surface area contributed by atoms with Gasteiger partial charge in [0.15, 0.2) is 0 Å². The van der Waals surface area contributed by atoms with E-state index in [0.717, 1.165) is 34.7 Å². The van der Waals surface area contributed by atoms with Crippen molar-refractivity contribution in [1.29, 1.82) is 0 Å². The molecule has 0 saturated heterocycles. The molecule has 0 saturated carbocycles. The number of likely N-dealkylation sites (N-methyl/N-ethyl adjacent to an activating group) is 1. The molecule has 3 aromatic rings. The Balaban J connectivity index is 1.58. The highest BCUT2D eigenvalue weighted by molar-refractivity contribution is 7.89. The zero-order valence-corrected chi connectivity index (χ0v) is 20.8. The Bertz CT molecular complexity index is 1190. The van der Waals surface area contributed by atoms with Gasteiger partial charge in [0.2, 0.25) is 10.0 Å². The molecule has 0 N–H and O–H groups in total. The van der Waals surface area contributed by atoms with Crippen LogP contribution in [0.3, 0.4) is 0 Å². The third-order valence-electron chi connectivity index (χ3n) is 5.97. The first-order valence-electron chi connectivity index (χ1n) is 11.5. The summed E-state index contributed by atoms with van der Waals surface area (Å²) in [6, 6.07) is 22.2. The SMILES string of the molecule is Cc1ccc(S(=O)(=O)N2Cc3ccccc3OC[C@@H]2Cc2ccc(OCCN(C)C)cc2)cc1. The molecule has 34 heavy (non-hydrogen) atoms. The number of fused-ring (bicyclic) bond motifs is 1. The first-order chi connectivity index (χ1) is 16.3. The lowest BCUT2D eigenvalue weighted by Gasteiger charge is -2.28. The van der Waals surface area contributed by atoms with Crippen LogP contribution < -0.4 is 9.47 Å². The fourth-order valence-electron chi connectivity index (χ4n) is 3.97. The van der Waals surface area contributed by atoms with Crippen LogP contribution in [0.1, 0.15) is 16.7 Å². The summed E-state index contributed by atoms with van der Waals surface area (Å²) in [5, 5.41) is 0. The molecule has 4 rings (SSSR count). The third kappa shape index (κ3) is 5.78. The number of hydrogen-bond acceptors (Lipinski definition) is 5. The number of aryl methyl sites for hydroxylation is 1. The molecule has 1 heterocycles. The Morgan fingerprint density at radius 1 is 1.00 bits per heavy atom. The Hall–Kier alpha value is -2.87. The second-order valence-corrected chi connectivity index (χ2v) is 10.8. The molecule has 180 valence electrons. The average Bonchev–Trinajstić information content (AvgIpc) is 3.00. The monoisotopic (exact) mass is 480 g/mol. The lowest BCUT2D eigenvalue weighted by molar-refractivity contribution is 0.219. The molecule has 0 amide bonds. The maximum absolute atomic E-state index is 13.7. The minimum atomic E-state index is -3.72. The van der Waals surface area contributed by atoms with Crippen LogP contribution in [-0.2, 0) is 23.0 Å². The van der Waals surface area contributed by atoms with Gasteiger partial charge < -0.3 is 14.4 Å². The summed E-state index contributed by atoms with van der Waals surface area (Å²) in [6.45, 7) is 3.95.